The van der Waals surface area contributed by atoms with E-state index in [0.29, 0.717) is 5.75 Å². The molecular formula is C15H9BrO2. The average molecular weight is 301 g/mol. The Morgan fingerprint density at radius 1 is 1.17 bits per heavy atom. The molecule has 3 heteroatoms. The van der Waals surface area contributed by atoms with Crippen molar-refractivity contribution in [3.8, 4) is 29.2 Å². The summed E-state index contributed by atoms with van der Waals surface area (Å²) in [4.78, 5) is 11.0. The lowest BCUT2D eigenvalue weighted by atomic mass is 10.1. The summed E-state index contributed by atoms with van der Waals surface area (Å²) >= 11 is 3.47. The van der Waals surface area contributed by atoms with E-state index in [1.807, 2.05) is 42.3 Å². The zero-order valence-corrected chi connectivity index (χ0v) is 11.0. The van der Waals surface area contributed by atoms with Crippen molar-refractivity contribution in [2.45, 2.75) is 0 Å². The summed E-state index contributed by atoms with van der Waals surface area (Å²) in [6.45, 7) is 0. The lowest BCUT2D eigenvalue weighted by molar-refractivity contribution is -0.128. The molecule has 0 aromatic heterocycles. The molecule has 0 amide bonds. The van der Waals surface area contributed by atoms with Gasteiger partial charge in [-0.2, -0.15) is 0 Å². The van der Waals surface area contributed by atoms with Crippen molar-refractivity contribution in [2.75, 3.05) is 0 Å². The molecule has 18 heavy (non-hydrogen) atoms. The fraction of sp³-hybridized carbons (Fsp3) is 0. The molecule has 2 aromatic rings. The van der Waals surface area contributed by atoms with Crippen LogP contribution in [0.1, 0.15) is 0 Å². The summed E-state index contributed by atoms with van der Waals surface area (Å²) in [5.74, 6) is 1.65. The molecule has 0 aliphatic heterocycles. The van der Waals surface area contributed by atoms with Crippen LogP contribution in [-0.2, 0) is 4.79 Å². The van der Waals surface area contributed by atoms with Gasteiger partial charge in [0.05, 0.1) is 0 Å². The number of benzene rings is 2. The molecular weight excluding hydrogens is 292 g/mol. The van der Waals surface area contributed by atoms with Gasteiger partial charge in [-0.1, -0.05) is 46.3 Å². The maximum absolute atomic E-state index is 11.0. The Morgan fingerprint density at radius 3 is 2.56 bits per heavy atom. The van der Waals surface area contributed by atoms with Gasteiger partial charge in [0.1, 0.15) is 5.75 Å². The van der Waals surface area contributed by atoms with Crippen molar-refractivity contribution in [3.05, 3.63) is 53.0 Å². The minimum Gasteiger partial charge on any atom is -0.417 e. The van der Waals surface area contributed by atoms with Crippen LogP contribution < -0.4 is 4.74 Å². The molecule has 0 atom stereocenters. The first kappa shape index (κ1) is 12.4. The van der Waals surface area contributed by atoms with Gasteiger partial charge in [-0.05, 0) is 29.3 Å². The first-order valence-corrected chi connectivity index (χ1v) is 6.03. The van der Waals surface area contributed by atoms with Gasteiger partial charge >= 0.3 is 5.97 Å². The van der Waals surface area contributed by atoms with Gasteiger partial charge in [-0.25, -0.2) is 4.79 Å². The summed E-state index contributed by atoms with van der Waals surface area (Å²) in [7, 11) is 0. The number of terminal acetylenes is 1. The number of hydrogen-bond donors (Lipinski definition) is 0. The fourth-order valence-electron chi connectivity index (χ4n) is 1.54. The maximum atomic E-state index is 11.0. The van der Waals surface area contributed by atoms with Crippen LogP contribution >= 0.6 is 15.9 Å². The molecule has 0 aliphatic carbocycles. The predicted octanol–water partition coefficient (Wildman–Crippen LogP) is 3.65. The Morgan fingerprint density at radius 2 is 1.89 bits per heavy atom. The summed E-state index contributed by atoms with van der Waals surface area (Å²) in [6, 6.07) is 15.1. The Balaban J connectivity index is 2.40. The van der Waals surface area contributed by atoms with Crippen LogP contribution in [0.3, 0.4) is 0 Å². The molecule has 2 aromatic carbocycles. The third-order valence-electron chi connectivity index (χ3n) is 2.35. The van der Waals surface area contributed by atoms with Gasteiger partial charge in [-0.15, -0.1) is 6.42 Å². The molecule has 0 saturated carbocycles. The normalized spacial score (nSPS) is 9.56. The first-order chi connectivity index (χ1) is 8.70. The van der Waals surface area contributed by atoms with Crippen LogP contribution in [0.15, 0.2) is 53.0 Å². The quantitative estimate of drug-likeness (QED) is 0.366. The van der Waals surface area contributed by atoms with E-state index < -0.39 is 5.97 Å². The summed E-state index contributed by atoms with van der Waals surface area (Å²) in [5.41, 5.74) is 1.97. The van der Waals surface area contributed by atoms with Gasteiger partial charge in [0.2, 0.25) is 0 Å². The second-order valence-electron chi connectivity index (χ2n) is 3.54. The highest BCUT2D eigenvalue weighted by Gasteiger charge is 2.07. The van der Waals surface area contributed by atoms with Gasteiger partial charge in [0.25, 0.3) is 0 Å². The van der Waals surface area contributed by atoms with Crippen LogP contribution in [0.5, 0.6) is 5.75 Å². The number of esters is 1. The van der Waals surface area contributed by atoms with Crippen LogP contribution in [0.25, 0.3) is 11.1 Å². The van der Waals surface area contributed by atoms with E-state index in [2.05, 4.69) is 15.9 Å². The number of halogens is 1. The van der Waals surface area contributed by atoms with E-state index in [0.717, 1.165) is 15.6 Å². The third kappa shape index (κ3) is 2.79. The zero-order chi connectivity index (χ0) is 13.0. The molecule has 0 bridgehead atoms. The van der Waals surface area contributed by atoms with Crippen molar-refractivity contribution < 1.29 is 9.53 Å². The Bertz CT molecular complexity index is 612. The fourth-order valence-corrected chi connectivity index (χ4v) is 2.02. The largest absolute Gasteiger partial charge is 0.417 e. The van der Waals surface area contributed by atoms with Crippen LogP contribution in [0, 0.1) is 12.3 Å². The average Bonchev–Trinajstić information content (AvgIpc) is 2.42. The topological polar surface area (TPSA) is 26.3 Å². The lowest BCUT2D eigenvalue weighted by Gasteiger charge is -2.07. The molecule has 0 radical (unpaired) electrons. The highest BCUT2D eigenvalue weighted by molar-refractivity contribution is 9.10. The van der Waals surface area contributed by atoms with Gasteiger partial charge in [0, 0.05) is 10.4 Å². The summed E-state index contributed by atoms with van der Waals surface area (Å²) in [6.07, 6.45) is 4.97. The number of carbonyl (C=O) groups is 1. The third-order valence-corrected chi connectivity index (χ3v) is 3.04. The predicted molar refractivity (Wildman–Crippen MR) is 74.0 cm³/mol. The second-order valence-corrected chi connectivity index (χ2v) is 4.40. The Labute approximate surface area is 114 Å². The van der Waals surface area contributed by atoms with Crippen molar-refractivity contribution in [3.63, 3.8) is 0 Å². The maximum Gasteiger partial charge on any atom is 0.389 e. The number of hydrogen-bond acceptors (Lipinski definition) is 2. The molecule has 0 spiro atoms. The van der Waals surface area contributed by atoms with Crippen LogP contribution in [-0.4, -0.2) is 5.97 Å². The van der Waals surface area contributed by atoms with E-state index in [-0.39, 0.29) is 0 Å². The van der Waals surface area contributed by atoms with E-state index in [1.165, 1.54) is 0 Å². The first-order valence-electron chi connectivity index (χ1n) is 5.24. The number of rotatable bonds is 2. The Hall–Kier alpha value is -2.05. The molecule has 2 nitrogen and oxygen atoms in total. The van der Waals surface area contributed by atoms with E-state index in [9.17, 15) is 4.79 Å². The molecule has 0 heterocycles. The minimum absolute atomic E-state index is 0.431. The molecule has 0 N–H and O–H groups in total. The second kappa shape index (κ2) is 5.52. The SMILES string of the molecule is C#CC(=O)Oc1ccc(Br)c(-c2ccccc2)c1. The summed E-state index contributed by atoms with van der Waals surface area (Å²) < 4.78 is 5.91. The molecule has 0 aliphatic rings. The molecule has 0 saturated heterocycles. The standard InChI is InChI=1S/C15H9BrO2/c1-2-15(17)18-12-8-9-14(16)13(10-12)11-6-4-3-5-7-11/h1,3-10H. The lowest BCUT2D eigenvalue weighted by Crippen LogP contribution is -2.03. The van der Waals surface area contributed by atoms with E-state index in [1.54, 1.807) is 12.1 Å². The summed E-state index contributed by atoms with van der Waals surface area (Å²) in [5, 5.41) is 0. The molecule has 2 rings (SSSR count). The molecule has 88 valence electrons. The van der Waals surface area contributed by atoms with Gasteiger partial charge in [-0.3, -0.25) is 0 Å². The van der Waals surface area contributed by atoms with Crippen LogP contribution in [0.2, 0.25) is 0 Å². The molecule has 0 unspecified atom stereocenters. The van der Waals surface area contributed by atoms with E-state index in [4.69, 9.17) is 11.2 Å². The van der Waals surface area contributed by atoms with Gasteiger partial charge < -0.3 is 4.74 Å². The van der Waals surface area contributed by atoms with Gasteiger partial charge in [0.15, 0.2) is 0 Å². The molecule has 0 fully saturated rings. The number of carbonyl (C=O) groups excluding carboxylic acids is 1. The van der Waals surface area contributed by atoms with E-state index >= 15 is 0 Å². The Kier molecular flexibility index (Phi) is 3.81. The van der Waals surface area contributed by atoms with Crippen molar-refractivity contribution in [2.24, 2.45) is 0 Å². The van der Waals surface area contributed by atoms with Crippen molar-refractivity contribution in [1.82, 2.24) is 0 Å². The zero-order valence-electron chi connectivity index (χ0n) is 9.39. The highest BCUT2D eigenvalue weighted by Crippen LogP contribution is 2.31. The smallest absolute Gasteiger partial charge is 0.389 e. The highest BCUT2D eigenvalue weighted by atomic mass is 79.9. The van der Waals surface area contributed by atoms with Crippen molar-refractivity contribution >= 4 is 21.9 Å². The van der Waals surface area contributed by atoms with Crippen molar-refractivity contribution in [1.29, 1.82) is 0 Å². The number of ether oxygens (including phenoxy) is 1. The van der Waals surface area contributed by atoms with Crippen LogP contribution in [0.4, 0.5) is 0 Å². The monoisotopic (exact) mass is 300 g/mol. The minimum atomic E-state index is -0.698.